The Bertz CT molecular complexity index is 843. The van der Waals surface area contributed by atoms with Gasteiger partial charge in [0.1, 0.15) is 12.4 Å². The number of carbonyl (C=O) groups excluding carboxylic acids is 2. The second-order valence-electron chi connectivity index (χ2n) is 12.7. The summed E-state index contributed by atoms with van der Waals surface area (Å²) in [5.41, 5.74) is 2.09. The lowest BCUT2D eigenvalue weighted by Crippen LogP contribution is -2.57. The zero-order chi connectivity index (χ0) is 24.8. The van der Waals surface area contributed by atoms with Crippen molar-refractivity contribution in [1.82, 2.24) is 0 Å². The van der Waals surface area contributed by atoms with Crippen molar-refractivity contribution in [2.45, 2.75) is 105 Å². The normalized spacial score (nSPS) is 42.1. The molecule has 0 radical (unpaired) electrons. The molecule has 0 spiro atoms. The quantitative estimate of drug-likeness (QED) is 0.270. The average molecular weight is 471 g/mol. The van der Waals surface area contributed by atoms with E-state index in [1.54, 1.807) is 0 Å². The number of carbonyl (C=O) groups is 2. The Balaban J connectivity index is 1.64. The monoisotopic (exact) mass is 470 g/mol. The van der Waals surface area contributed by atoms with Gasteiger partial charge < -0.3 is 14.6 Å². The summed E-state index contributed by atoms with van der Waals surface area (Å²) in [6.07, 6.45) is 11.3. The molecule has 0 aromatic heterocycles. The minimum Gasteiger partial charge on any atom is -0.458 e. The van der Waals surface area contributed by atoms with Crippen molar-refractivity contribution in [2.75, 3.05) is 0 Å². The summed E-state index contributed by atoms with van der Waals surface area (Å²) in [6, 6.07) is 0. The second-order valence-corrected chi connectivity index (χ2v) is 12.7. The minimum atomic E-state index is -0.486. The van der Waals surface area contributed by atoms with Crippen molar-refractivity contribution in [1.29, 1.82) is 0 Å². The van der Waals surface area contributed by atoms with Crippen LogP contribution in [0, 0.1) is 46.3 Å². The number of aldehydes is 1. The van der Waals surface area contributed by atoms with Crippen LogP contribution in [0.1, 0.15) is 92.4 Å². The SMILES string of the molecule is C=C(CC[C@@H](C)[C@H]1CC[C@H]2[C@@H]3[C@@H](OC(C)=O)C=C4C[C@@H](O)CC[C@]4(C=O)[C@H]3CC[C@]12C)C(C)C. The molecule has 0 amide bonds. The third kappa shape index (κ3) is 4.22. The number of hydrogen-bond donors (Lipinski definition) is 1. The lowest BCUT2D eigenvalue weighted by molar-refractivity contribution is -0.160. The van der Waals surface area contributed by atoms with Gasteiger partial charge in [0.25, 0.3) is 0 Å². The first-order valence-electron chi connectivity index (χ1n) is 13.7. The van der Waals surface area contributed by atoms with Crippen LogP contribution in [-0.2, 0) is 14.3 Å². The second kappa shape index (κ2) is 9.56. The summed E-state index contributed by atoms with van der Waals surface area (Å²) in [5, 5.41) is 10.4. The first-order valence-corrected chi connectivity index (χ1v) is 13.7. The van der Waals surface area contributed by atoms with Crippen LogP contribution >= 0.6 is 0 Å². The zero-order valence-corrected chi connectivity index (χ0v) is 22.0. The fourth-order valence-electron chi connectivity index (χ4n) is 8.73. The molecule has 0 aromatic rings. The molecule has 4 heteroatoms. The van der Waals surface area contributed by atoms with Gasteiger partial charge in [0, 0.05) is 12.8 Å². The highest BCUT2D eigenvalue weighted by Gasteiger charge is 2.63. The molecule has 9 atom stereocenters. The number of allylic oxidation sites excluding steroid dienone is 1. The third-order valence-electron chi connectivity index (χ3n) is 10.7. The molecule has 3 saturated carbocycles. The van der Waals surface area contributed by atoms with E-state index in [0.29, 0.717) is 36.5 Å². The summed E-state index contributed by atoms with van der Waals surface area (Å²) in [6.45, 7) is 15.2. The number of aliphatic hydroxyl groups is 1. The minimum absolute atomic E-state index is 0.190. The lowest BCUT2D eigenvalue weighted by Gasteiger charge is -2.59. The van der Waals surface area contributed by atoms with Crippen LogP contribution in [0.3, 0.4) is 0 Å². The van der Waals surface area contributed by atoms with Crippen LogP contribution in [0.2, 0.25) is 0 Å². The van der Waals surface area contributed by atoms with Crippen molar-refractivity contribution in [3.05, 3.63) is 23.8 Å². The van der Waals surface area contributed by atoms with Gasteiger partial charge in [-0.05, 0) is 98.9 Å². The Morgan fingerprint density at radius 3 is 2.59 bits per heavy atom. The molecule has 0 aliphatic heterocycles. The molecular weight excluding hydrogens is 424 g/mol. The first-order chi connectivity index (χ1) is 16.0. The number of rotatable bonds is 7. The smallest absolute Gasteiger partial charge is 0.303 e. The van der Waals surface area contributed by atoms with Gasteiger partial charge in [0.05, 0.1) is 11.5 Å². The molecule has 190 valence electrons. The molecule has 3 fully saturated rings. The van der Waals surface area contributed by atoms with E-state index in [-0.39, 0.29) is 29.3 Å². The predicted octanol–water partition coefficient (Wildman–Crippen LogP) is 6.28. The summed E-state index contributed by atoms with van der Waals surface area (Å²) in [5.74, 6) is 2.42. The number of ether oxygens (including phenoxy) is 1. The van der Waals surface area contributed by atoms with Crippen molar-refractivity contribution in [3.8, 4) is 0 Å². The summed E-state index contributed by atoms with van der Waals surface area (Å²) < 4.78 is 5.96. The molecule has 4 aliphatic rings. The molecule has 0 saturated heterocycles. The van der Waals surface area contributed by atoms with Gasteiger partial charge in [-0.15, -0.1) is 0 Å². The van der Waals surface area contributed by atoms with Crippen LogP contribution < -0.4 is 0 Å². The summed E-state index contributed by atoms with van der Waals surface area (Å²) in [7, 11) is 0. The number of aliphatic hydroxyl groups excluding tert-OH is 1. The molecule has 34 heavy (non-hydrogen) atoms. The highest BCUT2D eigenvalue weighted by Crippen LogP contribution is 2.67. The molecule has 4 nitrogen and oxygen atoms in total. The van der Waals surface area contributed by atoms with Gasteiger partial charge in [-0.1, -0.05) is 45.4 Å². The standard InChI is InChI=1S/C30H46O4/c1-18(2)19(3)7-8-20(4)24-9-10-25-28-26(12-13-29(24,25)6)30(17-31)14-11-23(33)15-22(30)16-27(28)34-21(5)32/h16-18,20,23-28,33H,3,7-15H2,1-2,4-6H3/t20-,23+,24-,25+,26+,27+,28+,29-,30-/m1/s1. The molecule has 1 N–H and O–H groups in total. The fraction of sp³-hybridized carbons (Fsp3) is 0.800. The van der Waals surface area contributed by atoms with Gasteiger partial charge in [-0.2, -0.15) is 0 Å². The number of esters is 1. The number of fused-ring (bicyclic) bond motifs is 5. The molecule has 0 aromatic carbocycles. The Labute approximate surface area is 206 Å². The molecule has 0 heterocycles. The van der Waals surface area contributed by atoms with Crippen molar-refractivity contribution >= 4 is 12.3 Å². The van der Waals surface area contributed by atoms with Gasteiger partial charge in [-0.25, -0.2) is 0 Å². The highest BCUT2D eigenvalue weighted by molar-refractivity contribution is 5.69. The Kier molecular flexibility index (Phi) is 7.22. The molecular formula is C30H46O4. The third-order valence-corrected chi connectivity index (χ3v) is 10.7. The Hall–Kier alpha value is -1.42. The highest BCUT2D eigenvalue weighted by atomic mass is 16.5. The summed E-state index contributed by atoms with van der Waals surface area (Å²) >= 11 is 0. The van der Waals surface area contributed by atoms with E-state index in [1.807, 2.05) is 0 Å². The van der Waals surface area contributed by atoms with Crippen molar-refractivity contribution in [3.63, 3.8) is 0 Å². The van der Waals surface area contributed by atoms with Gasteiger partial charge in [0.2, 0.25) is 0 Å². The maximum Gasteiger partial charge on any atom is 0.303 e. The maximum absolute atomic E-state index is 12.7. The Morgan fingerprint density at radius 2 is 1.94 bits per heavy atom. The topological polar surface area (TPSA) is 63.6 Å². The predicted molar refractivity (Wildman–Crippen MR) is 135 cm³/mol. The van der Waals surface area contributed by atoms with Gasteiger partial charge in [0.15, 0.2) is 0 Å². The van der Waals surface area contributed by atoms with Crippen LogP contribution in [0.4, 0.5) is 0 Å². The van der Waals surface area contributed by atoms with E-state index in [0.717, 1.165) is 37.7 Å². The lowest BCUT2D eigenvalue weighted by atomic mass is 9.46. The van der Waals surface area contributed by atoms with Crippen molar-refractivity contribution < 1.29 is 19.4 Å². The van der Waals surface area contributed by atoms with E-state index in [9.17, 15) is 14.7 Å². The van der Waals surface area contributed by atoms with E-state index < -0.39 is 11.5 Å². The van der Waals surface area contributed by atoms with E-state index in [4.69, 9.17) is 4.74 Å². The molecule has 0 bridgehead atoms. The van der Waals surface area contributed by atoms with E-state index in [2.05, 4.69) is 40.3 Å². The fourth-order valence-corrected chi connectivity index (χ4v) is 8.73. The van der Waals surface area contributed by atoms with Gasteiger partial charge >= 0.3 is 5.97 Å². The average Bonchev–Trinajstić information content (AvgIpc) is 3.13. The first kappa shape index (κ1) is 25.7. The van der Waals surface area contributed by atoms with Crippen LogP contribution in [-0.4, -0.2) is 29.6 Å². The van der Waals surface area contributed by atoms with Gasteiger partial charge in [-0.3, -0.25) is 4.79 Å². The Morgan fingerprint density at radius 1 is 1.21 bits per heavy atom. The molecule has 0 unspecified atom stereocenters. The zero-order valence-electron chi connectivity index (χ0n) is 22.0. The number of hydrogen-bond acceptors (Lipinski definition) is 4. The molecule has 4 rings (SSSR count). The summed E-state index contributed by atoms with van der Waals surface area (Å²) in [4.78, 5) is 24.8. The maximum atomic E-state index is 12.7. The van der Waals surface area contributed by atoms with Crippen LogP contribution in [0.15, 0.2) is 23.8 Å². The largest absolute Gasteiger partial charge is 0.458 e. The molecule has 4 aliphatic carbocycles. The van der Waals surface area contributed by atoms with Crippen molar-refractivity contribution in [2.24, 2.45) is 46.3 Å². The van der Waals surface area contributed by atoms with Crippen LogP contribution in [0.5, 0.6) is 0 Å². The van der Waals surface area contributed by atoms with E-state index >= 15 is 0 Å². The van der Waals surface area contributed by atoms with Crippen LogP contribution in [0.25, 0.3) is 0 Å². The van der Waals surface area contributed by atoms with E-state index in [1.165, 1.54) is 31.6 Å².